The highest BCUT2D eigenvalue weighted by Crippen LogP contribution is 2.07. The van der Waals surface area contributed by atoms with E-state index >= 15 is 0 Å². The third-order valence-corrected chi connectivity index (χ3v) is 3.22. The first-order chi connectivity index (χ1) is 10.7. The fourth-order valence-electron chi connectivity index (χ4n) is 1.93. The van der Waals surface area contributed by atoms with E-state index in [0.717, 1.165) is 12.0 Å². The quantitative estimate of drug-likeness (QED) is 0.717. The van der Waals surface area contributed by atoms with Gasteiger partial charge in [0.25, 0.3) is 0 Å². The molecular formula is C17H27N3O3. The van der Waals surface area contributed by atoms with Crippen molar-refractivity contribution in [3.8, 4) is 0 Å². The zero-order valence-corrected chi connectivity index (χ0v) is 14.3. The summed E-state index contributed by atoms with van der Waals surface area (Å²) in [5.41, 5.74) is 6.25. The molecule has 0 aliphatic carbocycles. The van der Waals surface area contributed by atoms with Crippen molar-refractivity contribution in [1.82, 2.24) is 10.6 Å². The van der Waals surface area contributed by atoms with Gasteiger partial charge >= 0.3 is 6.09 Å². The Balaban J connectivity index is 2.41. The Hall–Kier alpha value is -2.08. The van der Waals surface area contributed by atoms with Crippen molar-refractivity contribution in [1.29, 1.82) is 0 Å². The molecule has 1 aromatic rings. The number of carbonyl (C=O) groups excluding carboxylic acids is 2. The summed E-state index contributed by atoms with van der Waals surface area (Å²) in [7, 11) is 0. The summed E-state index contributed by atoms with van der Waals surface area (Å²) in [6.45, 7) is 8.68. The number of hydrogen-bond donors (Lipinski definition) is 3. The minimum Gasteiger partial charge on any atom is -0.444 e. The first kappa shape index (κ1) is 19.0. The Kier molecular flexibility index (Phi) is 7.03. The van der Waals surface area contributed by atoms with Gasteiger partial charge in [0, 0.05) is 24.7 Å². The van der Waals surface area contributed by atoms with E-state index < -0.39 is 17.6 Å². The summed E-state index contributed by atoms with van der Waals surface area (Å²) in [4.78, 5) is 22.7. The second-order valence-electron chi connectivity index (χ2n) is 6.43. The zero-order valence-electron chi connectivity index (χ0n) is 14.3. The van der Waals surface area contributed by atoms with Crippen LogP contribution in [0.25, 0.3) is 0 Å². The molecule has 6 nitrogen and oxygen atoms in total. The van der Waals surface area contributed by atoms with Gasteiger partial charge in [-0.05, 0) is 44.9 Å². The fourth-order valence-corrected chi connectivity index (χ4v) is 1.93. The molecule has 0 fully saturated rings. The first-order valence-electron chi connectivity index (χ1n) is 7.80. The Bertz CT molecular complexity index is 521. The van der Waals surface area contributed by atoms with E-state index in [1.54, 1.807) is 12.1 Å². The molecule has 0 bridgehead atoms. The molecule has 0 aromatic heterocycles. The third kappa shape index (κ3) is 7.65. The van der Waals surface area contributed by atoms with Crippen LogP contribution in [-0.4, -0.2) is 30.2 Å². The summed E-state index contributed by atoms with van der Waals surface area (Å²) in [5, 5.41) is 6.13. The van der Waals surface area contributed by atoms with Gasteiger partial charge in [0.05, 0.1) is 0 Å². The van der Waals surface area contributed by atoms with Crippen LogP contribution < -0.4 is 16.4 Å². The Morgan fingerprint density at radius 2 is 1.83 bits per heavy atom. The summed E-state index contributed by atoms with van der Waals surface area (Å²) in [6, 6.07) is 7.28. The minimum atomic E-state index is -0.499. The van der Waals surface area contributed by atoms with Crippen molar-refractivity contribution in [3.05, 3.63) is 35.4 Å². The van der Waals surface area contributed by atoms with Crippen molar-refractivity contribution in [3.63, 3.8) is 0 Å². The van der Waals surface area contributed by atoms with Crippen LogP contribution in [-0.2, 0) is 11.3 Å². The van der Waals surface area contributed by atoms with E-state index in [-0.39, 0.29) is 6.04 Å². The lowest BCUT2D eigenvalue weighted by Crippen LogP contribution is -2.42. The van der Waals surface area contributed by atoms with Gasteiger partial charge in [-0.2, -0.15) is 0 Å². The van der Waals surface area contributed by atoms with Gasteiger partial charge in [0.15, 0.2) is 0 Å². The SMILES string of the molecule is CCC(CNC(=O)OC(C)(C)C)NCc1ccc(C(N)=O)cc1. The minimum absolute atomic E-state index is 0.137. The largest absolute Gasteiger partial charge is 0.444 e. The second kappa shape index (κ2) is 8.53. The first-order valence-corrected chi connectivity index (χ1v) is 7.80. The van der Waals surface area contributed by atoms with Crippen molar-refractivity contribution in [2.75, 3.05) is 6.54 Å². The number of rotatable bonds is 7. The molecule has 0 aliphatic heterocycles. The van der Waals surface area contributed by atoms with Crippen LogP contribution >= 0.6 is 0 Å². The number of nitrogens with two attached hydrogens (primary N) is 1. The summed E-state index contributed by atoms with van der Waals surface area (Å²) < 4.78 is 5.21. The maximum atomic E-state index is 11.6. The fraction of sp³-hybridized carbons (Fsp3) is 0.529. The number of nitrogens with one attached hydrogen (secondary N) is 2. The van der Waals surface area contributed by atoms with Crippen molar-refractivity contribution < 1.29 is 14.3 Å². The molecule has 0 saturated carbocycles. The topological polar surface area (TPSA) is 93.4 Å². The van der Waals surface area contributed by atoms with Gasteiger partial charge in [-0.3, -0.25) is 4.79 Å². The summed E-state index contributed by atoms with van der Waals surface area (Å²) >= 11 is 0. The van der Waals surface area contributed by atoms with Gasteiger partial charge < -0.3 is 21.1 Å². The van der Waals surface area contributed by atoms with E-state index in [4.69, 9.17) is 10.5 Å². The molecule has 0 aliphatic rings. The lowest BCUT2D eigenvalue weighted by atomic mass is 10.1. The van der Waals surface area contributed by atoms with Gasteiger partial charge in [-0.25, -0.2) is 4.79 Å². The third-order valence-electron chi connectivity index (χ3n) is 3.22. The lowest BCUT2D eigenvalue weighted by Gasteiger charge is -2.22. The predicted octanol–water partition coefficient (Wildman–Crippen LogP) is 2.18. The number of ether oxygens (including phenoxy) is 1. The van der Waals surface area contributed by atoms with Crippen LogP contribution in [0.3, 0.4) is 0 Å². The van der Waals surface area contributed by atoms with E-state index in [2.05, 4.69) is 10.6 Å². The molecule has 4 N–H and O–H groups in total. The van der Waals surface area contributed by atoms with E-state index in [1.807, 2.05) is 39.8 Å². The second-order valence-corrected chi connectivity index (χ2v) is 6.43. The summed E-state index contributed by atoms with van der Waals surface area (Å²) in [5.74, 6) is -0.433. The number of carbonyl (C=O) groups is 2. The molecule has 2 amide bonds. The standard InChI is InChI=1S/C17H27N3O3/c1-5-14(11-20-16(22)23-17(2,3)4)19-10-12-6-8-13(9-7-12)15(18)21/h6-9,14,19H,5,10-11H2,1-4H3,(H2,18,21)(H,20,22). The molecule has 0 radical (unpaired) electrons. The maximum Gasteiger partial charge on any atom is 0.407 e. The van der Waals surface area contributed by atoms with E-state index in [0.29, 0.717) is 18.7 Å². The molecule has 1 aromatic carbocycles. The molecule has 23 heavy (non-hydrogen) atoms. The van der Waals surface area contributed by atoms with E-state index in [1.165, 1.54) is 0 Å². The highest BCUT2D eigenvalue weighted by Gasteiger charge is 2.16. The van der Waals surface area contributed by atoms with Crippen LogP contribution in [0, 0.1) is 0 Å². The number of benzene rings is 1. The van der Waals surface area contributed by atoms with E-state index in [9.17, 15) is 9.59 Å². The van der Waals surface area contributed by atoms with Crippen molar-refractivity contribution >= 4 is 12.0 Å². The van der Waals surface area contributed by atoms with Crippen molar-refractivity contribution in [2.45, 2.75) is 52.3 Å². The van der Waals surface area contributed by atoms with Gasteiger partial charge in [0.2, 0.25) is 5.91 Å². The number of amides is 2. The van der Waals surface area contributed by atoms with Crippen LogP contribution in [0.2, 0.25) is 0 Å². The van der Waals surface area contributed by atoms with Gasteiger partial charge in [-0.1, -0.05) is 19.1 Å². The zero-order chi connectivity index (χ0) is 17.5. The van der Waals surface area contributed by atoms with Gasteiger partial charge in [0.1, 0.15) is 5.60 Å². The highest BCUT2D eigenvalue weighted by atomic mass is 16.6. The smallest absolute Gasteiger partial charge is 0.407 e. The molecule has 0 spiro atoms. The van der Waals surface area contributed by atoms with Crippen LogP contribution in [0.5, 0.6) is 0 Å². The number of primary amides is 1. The Morgan fingerprint density at radius 3 is 2.30 bits per heavy atom. The molecule has 1 atom stereocenters. The molecule has 1 unspecified atom stereocenters. The Labute approximate surface area is 137 Å². The normalized spacial score (nSPS) is 12.5. The number of alkyl carbamates (subject to hydrolysis) is 1. The van der Waals surface area contributed by atoms with Gasteiger partial charge in [-0.15, -0.1) is 0 Å². The average Bonchev–Trinajstić information content (AvgIpc) is 2.46. The molecule has 128 valence electrons. The molecule has 0 saturated heterocycles. The van der Waals surface area contributed by atoms with Crippen LogP contribution in [0.15, 0.2) is 24.3 Å². The Morgan fingerprint density at radius 1 is 1.22 bits per heavy atom. The maximum absolute atomic E-state index is 11.6. The average molecular weight is 321 g/mol. The van der Waals surface area contributed by atoms with Crippen LogP contribution in [0.1, 0.15) is 50.0 Å². The van der Waals surface area contributed by atoms with Crippen molar-refractivity contribution in [2.24, 2.45) is 5.73 Å². The summed E-state index contributed by atoms with van der Waals surface area (Å²) in [6.07, 6.45) is 0.457. The number of hydrogen-bond acceptors (Lipinski definition) is 4. The highest BCUT2D eigenvalue weighted by molar-refractivity contribution is 5.92. The van der Waals surface area contributed by atoms with Crippen LogP contribution in [0.4, 0.5) is 4.79 Å². The molecule has 0 heterocycles. The lowest BCUT2D eigenvalue weighted by molar-refractivity contribution is 0.0522. The monoisotopic (exact) mass is 321 g/mol. The molecule has 6 heteroatoms. The predicted molar refractivity (Wildman–Crippen MR) is 90.1 cm³/mol. The molecular weight excluding hydrogens is 294 g/mol. The molecule has 1 rings (SSSR count).